The van der Waals surface area contributed by atoms with Gasteiger partial charge in [0.15, 0.2) is 0 Å². The maximum atomic E-state index is 13.1. The molecule has 96 valence electrons. The second-order valence-electron chi connectivity index (χ2n) is 4.29. The SMILES string of the molecule is COC(=O)c1cc(F)ccc1NC(=O)C1(N)CC1. The van der Waals surface area contributed by atoms with Crippen molar-refractivity contribution in [1.82, 2.24) is 0 Å². The standard InChI is InChI=1S/C12H13FN2O3/c1-18-10(16)8-6-7(13)2-3-9(8)15-11(17)12(14)4-5-12/h2-3,6H,4-5,14H2,1H3,(H,15,17). The van der Waals surface area contributed by atoms with E-state index in [2.05, 4.69) is 10.1 Å². The zero-order valence-electron chi connectivity index (χ0n) is 9.83. The van der Waals surface area contributed by atoms with Gasteiger partial charge in [-0.05, 0) is 31.0 Å². The van der Waals surface area contributed by atoms with Crippen molar-refractivity contribution >= 4 is 17.6 Å². The lowest BCUT2D eigenvalue weighted by Gasteiger charge is -2.12. The largest absolute Gasteiger partial charge is 0.465 e. The normalized spacial score (nSPS) is 15.9. The zero-order chi connectivity index (χ0) is 13.3. The average Bonchev–Trinajstić information content (AvgIpc) is 3.10. The Bertz CT molecular complexity index is 512. The average molecular weight is 252 g/mol. The summed E-state index contributed by atoms with van der Waals surface area (Å²) in [6.45, 7) is 0. The number of esters is 1. The first kappa shape index (κ1) is 12.5. The molecule has 0 aliphatic heterocycles. The van der Waals surface area contributed by atoms with E-state index < -0.39 is 17.3 Å². The van der Waals surface area contributed by atoms with E-state index in [1.54, 1.807) is 0 Å². The molecule has 0 heterocycles. The summed E-state index contributed by atoms with van der Waals surface area (Å²) in [7, 11) is 1.18. The monoisotopic (exact) mass is 252 g/mol. The van der Waals surface area contributed by atoms with E-state index in [-0.39, 0.29) is 17.2 Å². The van der Waals surface area contributed by atoms with Gasteiger partial charge >= 0.3 is 5.97 Å². The number of halogens is 1. The van der Waals surface area contributed by atoms with E-state index in [0.717, 1.165) is 12.1 Å². The first-order valence-corrected chi connectivity index (χ1v) is 5.44. The Kier molecular flexibility index (Phi) is 3.04. The molecule has 0 saturated heterocycles. The molecule has 0 radical (unpaired) electrons. The van der Waals surface area contributed by atoms with Gasteiger partial charge in [0.25, 0.3) is 0 Å². The summed E-state index contributed by atoms with van der Waals surface area (Å²) >= 11 is 0. The molecule has 2 rings (SSSR count). The highest BCUT2D eigenvalue weighted by Crippen LogP contribution is 2.33. The van der Waals surface area contributed by atoms with Crippen LogP contribution in [-0.4, -0.2) is 24.5 Å². The van der Waals surface area contributed by atoms with Gasteiger partial charge in [0.2, 0.25) is 5.91 Å². The van der Waals surface area contributed by atoms with Gasteiger partial charge in [-0.25, -0.2) is 9.18 Å². The number of methoxy groups -OCH3 is 1. The summed E-state index contributed by atoms with van der Waals surface area (Å²) in [5, 5.41) is 2.52. The number of carbonyl (C=O) groups is 2. The second kappa shape index (κ2) is 4.38. The van der Waals surface area contributed by atoms with Gasteiger partial charge in [0, 0.05) is 0 Å². The van der Waals surface area contributed by atoms with Crippen molar-refractivity contribution < 1.29 is 18.7 Å². The van der Waals surface area contributed by atoms with Crippen molar-refractivity contribution in [1.29, 1.82) is 0 Å². The smallest absolute Gasteiger partial charge is 0.340 e. The van der Waals surface area contributed by atoms with Crippen LogP contribution in [0, 0.1) is 5.82 Å². The Morgan fingerprint density at radius 1 is 1.44 bits per heavy atom. The molecule has 0 unspecified atom stereocenters. The van der Waals surface area contributed by atoms with E-state index in [0.29, 0.717) is 12.8 Å². The fourth-order valence-corrected chi connectivity index (χ4v) is 1.51. The highest BCUT2D eigenvalue weighted by atomic mass is 19.1. The van der Waals surface area contributed by atoms with Crippen LogP contribution in [0.3, 0.4) is 0 Å². The Morgan fingerprint density at radius 2 is 2.11 bits per heavy atom. The molecule has 0 aromatic heterocycles. The summed E-state index contributed by atoms with van der Waals surface area (Å²) in [6.07, 6.45) is 1.21. The van der Waals surface area contributed by atoms with Crippen LogP contribution < -0.4 is 11.1 Å². The van der Waals surface area contributed by atoms with Gasteiger partial charge in [-0.15, -0.1) is 0 Å². The molecule has 5 nitrogen and oxygen atoms in total. The molecule has 6 heteroatoms. The molecule has 1 fully saturated rings. The molecule has 1 amide bonds. The van der Waals surface area contributed by atoms with Gasteiger partial charge in [0.05, 0.1) is 23.9 Å². The molecule has 1 saturated carbocycles. The molecule has 0 atom stereocenters. The zero-order valence-corrected chi connectivity index (χ0v) is 9.83. The Morgan fingerprint density at radius 3 is 2.67 bits per heavy atom. The highest BCUT2D eigenvalue weighted by Gasteiger charge is 2.46. The van der Waals surface area contributed by atoms with E-state index in [1.807, 2.05) is 0 Å². The first-order valence-electron chi connectivity index (χ1n) is 5.44. The first-order chi connectivity index (χ1) is 8.46. The Hall–Kier alpha value is -1.95. The molecule has 3 N–H and O–H groups in total. The van der Waals surface area contributed by atoms with Crippen LogP contribution in [0.4, 0.5) is 10.1 Å². The minimum absolute atomic E-state index is 0.0323. The van der Waals surface area contributed by atoms with Crippen molar-refractivity contribution in [2.24, 2.45) is 5.73 Å². The fraction of sp³-hybridized carbons (Fsp3) is 0.333. The molecule has 0 bridgehead atoms. The van der Waals surface area contributed by atoms with Crippen molar-refractivity contribution in [2.45, 2.75) is 18.4 Å². The molecule has 18 heavy (non-hydrogen) atoms. The molecular formula is C12H13FN2O3. The topological polar surface area (TPSA) is 81.4 Å². The second-order valence-corrected chi connectivity index (χ2v) is 4.29. The van der Waals surface area contributed by atoms with Crippen LogP contribution in [0.2, 0.25) is 0 Å². The van der Waals surface area contributed by atoms with Gasteiger partial charge in [-0.3, -0.25) is 4.79 Å². The van der Waals surface area contributed by atoms with Crippen molar-refractivity contribution in [3.63, 3.8) is 0 Å². The van der Waals surface area contributed by atoms with Crippen LogP contribution in [0.5, 0.6) is 0 Å². The van der Waals surface area contributed by atoms with E-state index in [1.165, 1.54) is 13.2 Å². The molecular weight excluding hydrogens is 239 g/mol. The molecule has 0 spiro atoms. The predicted molar refractivity (Wildman–Crippen MR) is 62.5 cm³/mol. The third kappa shape index (κ3) is 2.33. The number of ether oxygens (including phenoxy) is 1. The minimum Gasteiger partial charge on any atom is -0.465 e. The molecule has 1 aromatic carbocycles. The van der Waals surface area contributed by atoms with Gasteiger partial charge in [-0.2, -0.15) is 0 Å². The lowest BCUT2D eigenvalue weighted by atomic mass is 10.1. The Balaban J connectivity index is 2.26. The maximum Gasteiger partial charge on any atom is 0.340 e. The van der Waals surface area contributed by atoms with Gasteiger partial charge < -0.3 is 15.8 Å². The number of hydrogen-bond acceptors (Lipinski definition) is 4. The van der Waals surface area contributed by atoms with Crippen LogP contribution >= 0.6 is 0 Å². The fourth-order valence-electron chi connectivity index (χ4n) is 1.51. The number of rotatable bonds is 3. The molecule has 1 aromatic rings. The number of carbonyl (C=O) groups excluding carboxylic acids is 2. The van der Waals surface area contributed by atoms with Crippen molar-refractivity contribution in [3.05, 3.63) is 29.6 Å². The number of amides is 1. The van der Waals surface area contributed by atoms with E-state index in [9.17, 15) is 14.0 Å². The summed E-state index contributed by atoms with van der Waals surface area (Å²) in [5.74, 6) is -1.67. The molecule has 1 aliphatic rings. The predicted octanol–water partition coefficient (Wildman–Crippen LogP) is 1.04. The van der Waals surface area contributed by atoms with Crippen molar-refractivity contribution in [2.75, 3.05) is 12.4 Å². The van der Waals surface area contributed by atoms with Crippen LogP contribution in [0.1, 0.15) is 23.2 Å². The summed E-state index contributed by atoms with van der Waals surface area (Å²) < 4.78 is 17.6. The maximum absolute atomic E-state index is 13.1. The van der Waals surface area contributed by atoms with E-state index >= 15 is 0 Å². The Labute approximate surface area is 103 Å². The minimum atomic E-state index is -0.859. The highest BCUT2D eigenvalue weighted by molar-refractivity contribution is 6.05. The summed E-state index contributed by atoms with van der Waals surface area (Å²) in [5.41, 5.74) is 5.03. The lowest BCUT2D eigenvalue weighted by molar-refractivity contribution is -0.118. The quantitative estimate of drug-likeness (QED) is 0.787. The number of nitrogens with two attached hydrogens (primary N) is 1. The number of hydrogen-bond donors (Lipinski definition) is 2. The lowest BCUT2D eigenvalue weighted by Crippen LogP contribution is -2.38. The van der Waals surface area contributed by atoms with Crippen LogP contribution in [0.15, 0.2) is 18.2 Å². The number of anilines is 1. The molecule has 1 aliphatic carbocycles. The number of nitrogens with one attached hydrogen (secondary N) is 1. The third-order valence-electron chi connectivity index (χ3n) is 2.88. The van der Waals surface area contributed by atoms with Gasteiger partial charge in [0.1, 0.15) is 5.82 Å². The van der Waals surface area contributed by atoms with E-state index in [4.69, 9.17) is 5.73 Å². The van der Waals surface area contributed by atoms with Gasteiger partial charge in [-0.1, -0.05) is 0 Å². The van der Waals surface area contributed by atoms with Crippen molar-refractivity contribution in [3.8, 4) is 0 Å². The summed E-state index contributed by atoms with van der Waals surface area (Å²) in [4.78, 5) is 23.2. The number of benzene rings is 1. The van der Waals surface area contributed by atoms with Crippen LogP contribution in [-0.2, 0) is 9.53 Å². The van der Waals surface area contributed by atoms with Crippen LogP contribution in [0.25, 0.3) is 0 Å². The third-order valence-corrected chi connectivity index (χ3v) is 2.88. The summed E-state index contributed by atoms with van der Waals surface area (Å²) in [6, 6.07) is 3.47.